The smallest absolute Gasteiger partial charge is 0.246 e. The number of carbonyl (C=O) groups is 4. The molecule has 5 N–H and O–H groups in total. The van der Waals surface area contributed by atoms with Crippen molar-refractivity contribution in [3.8, 4) is 0 Å². The van der Waals surface area contributed by atoms with Crippen molar-refractivity contribution >= 4 is 46.3 Å². The van der Waals surface area contributed by atoms with Crippen molar-refractivity contribution in [3.63, 3.8) is 0 Å². The standard InChI is InChI=1S/C34H38FN5O4/c35-24-5-7-25(8-6-24)38-31(42)29(10-9-26(41)18-36)39-32(43)30(15-23-19-37-28-4-2-1-3-27(23)28)40-33(44)34-12-11-21-13-20(16-34)14-22(21)17-34/h1-8,18-22,29-30,36-37H,9-17H2,(H,38,42)(H,39,43)(H,40,44)/t20?,21?,22?,29-,30-,34?/m0/s1. The van der Waals surface area contributed by atoms with Crippen molar-refractivity contribution in [1.29, 1.82) is 5.41 Å². The highest BCUT2D eigenvalue weighted by atomic mass is 19.1. The van der Waals surface area contributed by atoms with E-state index in [1.54, 1.807) is 0 Å². The lowest BCUT2D eigenvalue weighted by molar-refractivity contribution is -0.140. The van der Waals surface area contributed by atoms with E-state index in [4.69, 9.17) is 5.41 Å². The molecule has 6 rings (SSSR count). The Balaban J connectivity index is 1.24. The van der Waals surface area contributed by atoms with Gasteiger partial charge in [0.25, 0.3) is 0 Å². The van der Waals surface area contributed by atoms with Gasteiger partial charge in [0, 0.05) is 41.0 Å². The normalized spacial score (nSPS) is 24.8. The molecule has 3 bridgehead atoms. The molecule has 3 aliphatic carbocycles. The summed E-state index contributed by atoms with van der Waals surface area (Å²) in [5.41, 5.74) is 1.63. The Bertz CT molecular complexity index is 1580. The van der Waals surface area contributed by atoms with Crippen LogP contribution in [0.25, 0.3) is 10.9 Å². The lowest BCUT2D eigenvalue weighted by atomic mass is 9.61. The minimum Gasteiger partial charge on any atom is -0.361 e. The fraction of sp³-hybridized carbons (Fsp3) is 0.441. The van der Waals surface area contributed by atoms with Gasteiger partial charge in [0.2, 0.25) is 17.7 Å². The lowest BCUT2D eigenvalue weighted by Crippen LogP contribution is -2.57. The van der Waals surface area contributed by atoms with E-state index in [2.05, 4.69) is 20.9 Å². The van der Waals surface area contributed by atoms with Crippen LogP contribution in [-0.4, -0.2) is 46.8 Å². The van der Waals surface area contributed by atoms with Gasteiger partial charge in [0.15, 0.2) is 5.78 Å². The summed E-state index contributed by atoms with van der Waals surface area (Å²) in [5, 5.41) is 16.8. The van der Waals surface area contributed by atoms with E-state index in [1.165, 1.54) is 37.1 Å². The van der Waals surface area contributed by atoms with Crippen LogP contribution in [0.5, 0.6) is 0 Å². The number of amides is 3. The Morgan fingerprint density at radius 1 is 0.977 bits per heavy atom. The van der Waals surface area contributed by atoms with Crippen molar-refractivity contribution < 1.29 is 23.6 Å². The number of nitrogens with one attached hydrogen (secondary N) is 5. The van der Waals surface area contributed by atoms with E-state index in [1.807, 2.05) is 30.5 Å². The van der Waals surface area contributed by atoms with E-state index < -0.39 is 40.9 Å². The fourth-order valence-electron chi connectivity index (χ4n) is 7.91. The summed E-state index contributed by atoms with van der Waals surface area (Å²) in [4.78, 5) is 56.6. The Morgan fingerprint density at radius 3 is 2.55 bits per heavy atom. The SMILES string of the molecule is N=CC(=O)CC[C@H](NC(=O)[C@H](Cc1c[nH]c2ccccc12)NC(=O)C12CCC3CC(CC3C1)C2)C(=O)Nc1ccc(F)cc1. The Hall–Kier alpha value is -4.34. The maximum absolute atomic E-state index is 14.1. The molecular weight excluding hydrogens is 561 g/mol. The number of H-pyrrole nitrogens is 1. The minimum absolute atomic E-state index is 0.0462. The van der Waals surface area contributed by atoms with E-state index in [-0.39, 0.29) is 25.2 Å². The van der Waals surface area contributed by atoms with Crippen LogP contribution in [0.3, 0.4) is 0 Å². The number of halogens is 1. The van der Waals surface area contributed by atoms with Crippen LogP contribution >= 0.6 is 0 Å². The van der Waals surface area contributed by atoms with Crippen LogP contribution in [0, 0.1) is 34.4 Å². The van der Waals surface area contributed by atoms with Crippen molar-refractivity contribution in [2.24, 2.45) is 23.2 Å². The predicted octanol–water partition coefficient (Wildman–Crippen LogP) is 4.67. The number of aromatic nitrogens is 1. The molecule has 10 heteroatoms. The third-order valence-corrected chi connectivity index (χ3v) is 10.1. The molecule has 3 amide bonds. The highest BCUT2D eigenvalue weighted by molar-refractivity contribution is 6.26. The first kappa shape index (κ1) is 29.7. The number of hydrogen-bond acceptors (Lipinski definition) is 5. The number of hydrogen-bond donors (Lipinski definition) is 5. The molecule has 3 aromatic rings. The van der Waals surface area contributed by atoms with Gasteiger partial charge >= 0.3 is 0 Å². The first-order chi connectivity index (χ1) is 21.2. The van der Waals surface area contributed by atoms with Crippen LogP contribution in [0.1, 0.15) is 56.9 Å². The molecule has 9 nitrogen and oxygen atoms in total. The van der Waals surface area contributed by atoms with Crippen LogP contribution in [0.2, 0.25) is 0 Å². The van der Waals surface area contributed by atoms with E-state index >= 15 is 0 Å². The first-order valence-electron chi connectivity index (χ1n) is 15.5. The molecule has 0 radical (unpaired) electrons. The lowest BCUT2D eigenvalue weighted by Gasteiger charge is -2.44. The number of anilines is 1. The molecule has 230 valence electrons. The molecular formula is C34H38FN5O4. The topological polar surface area (TPSA) is 144 Å². The minimum atomic E-state index is -1.13. The molecule has 1 aromatic heterocycles. The van der Waals surface area contributed by atoms with Crippen molar-refractivity contribution in [2.75, 3.05) is 5.32 Å². The van der Waals surface area contributed by atoms with Crippen LogP contribution in [-0.2, 0) is 25.6 Å². The van der Waals surface area contributed by atoms with Gasteiger partial charge in [-0.2, -0.15) is 0 Å². The maximum atomic E-state index is 14.1. The molecule has 2 aromatic carbocycles. The number of benzene rings is 2. The average molecular weight is 600 g/mol. The van der Waals surface area contributed by atoms with Crippen LogP contribution in [0.4, 0.5) is 10.1 Å². The molecule has 3 saturated carbocycles. The number of rotatable bonds is 12. The van der Waals surface area contributed by atoms with Crippen LogP contribution < -0.4 is 16.0 Å². The number of carbonyl (C=O) groups excluding carboxylic acids is 4. The van der Waals surface area contributed by atoms with Gasteiger partial charge < -0.3 is 26.3 Å². The number of ketones is 1. The quantitative estimate of drug-likeness (QED) is 0.193. The van der Waals surface area contributed by atoms with Crippen LogP contribution in [0.15, 0.2) is 54.7 Å². The summed E-state index contributed by atoms with van der Waals surface area (Å²) in [6, 6.07) is 10.9. The van der Waals surface area contributed by atoms with Gasteiger partial charge in [0.1, 0.15) is 17.9 Å². The summed E-state index contributed by atoms with van der Waals surface area (Å²) in [7, 11) is 0. The molecule has 1 heterocycles. The predicted molar refractivity (Wildman–Crippen MR) is 165 cm³/mol. The molecule has 0 spiro atoms. The fourth-order valence-corrected chi connectivity index (χ4v) is 7.91. The summed E-state index contributed by atoms with van der Waals surface area (Å²) in [6.07, 6.45) is 8.51. The molecule has 0 saturated heterocycles. The van der Waals surface area contributed by atoms with Gasteiger partial charge in [-0.3, -0.25) is 19.2 Å². The molecule has 4 unspecified atom stereocenters. The monoisotopic (exact) mass is 599 g/mol. The number of Topliss-reactive ketones (excluding diaryl/α,β-unsaturated/α-hetero) is 1. The maximum Gasteiger partial charge on any atom is 0.246 e. The second kappa shape index (κ2) is 12.3. The second-order valence-corrected chi connectivity index (χ2v) is 12.9. The van der Waals surface area contributed by atoms with Crippen molar-refractivity contribution in [3.05, 3.63) is 66.1 Å². The number of aromatic amines is 1. The number of fused-ring (bicyclic) bond motifs is 3. The first-order valence-corrected chi connectivity index (χ1v) is 15.5. The largest absolute Gasteiger partial charge is 0.361 e. The molecule has 3 aliphatic rings. The van der Waals surface area contributed by atoms with Gasteiger partial charge in [-0.15, -0.1) is 0 Å². The van der Waals surface area contributed by atoms with Gasteiger partial charge in [-0.1, -0.05) is 18.2 Å². The Labute approximate surface area is 255 Å². The molecule has 3 fully saturated rings. The Kier molecular flexibility index (Phi) is 8.33. The zero-order chi connectivity index (χ0) is 30.8. The zero-order valence-electron chi connectivity index (χ0n) is 24.5. The highest BCUT2D eigenvalue weighted by Crippen LogP contribution is 2.60. The van der Waals surface area contributed by atoms with E-state index in [9.17, 15) is 23.6 Å². The van der Waals surface area contributed by atoms with Gasteiger partial charge in [0.05, 0.1) is 6.21 Å². The van der Waals surface area contributed by atoms with E-state index in [0.717, 1.165) is 42.1 Å². The zero-order valence-corrected chi connectivity index (χ0v) is 24.5. The molecule has 6 atom stereocenters. The molecule has 0 aliphatic heterocycles. The summed E-state index contributed by atoms with van der Waals surface area (Å²) < 4.78 is 13.4. The number of para-hydroxylation sites is 1. The Morgan fingerprint density at radius 2 is 1.75 bits per heavy atom. The van der Waals surface area contributed by atoms with Gasteiger partial charge in [-0.25, -0.2) is 4.39 Å². The molecule has 44 heavy (non-hydrogen) atoms. The third-order valence-electron chi connectivity index (χ3n) is 10.1. The highest BCUT2D eigenvalue weighted by Gasteiger charge is 2.55. The van der Waals surface area contributed by atoms with E-state index in [0.29, 0.717) is 29.7 Å². The van der Waals surface area contributed by atoms with Gasteiger partial charge in [-0.05, 0) is 98.6 Å². The second-order valence-electron chi connectivity index (χ2n) is 12.9. The summed E-state index contributed by atoms with van der Waals surface area (Å²) in [6.45, 7) is 0. The van der Waals surface area contributed by atoms with Crippen molar-refractivity contribution in [2.45, 2.75) is 69.9 Å². The third kappa shape index (κ3) is 6.16. The average Bonchev–Trinajstić information content (AvgIpc) is 3.52. The summed E-state index contributed by atoms with van der Waals surface area (Å²) in [5.74, 6) is -0.325. The van der Waals surface area contributed by atoms with Crippen molar-refractivity contribution in [1.82, 2.24) is 15.6 Å². The summed E-state index contributed by atoms with van der Waals surface area (Å²) >= 11 is 0.